The summed E-state index contributed by atoms with van der Waals surface area (Å²) in [5.41, 5.74) is 1.19. The van der Waals surface area contributed by atoms with Gasteiger partial charge in [0.25, 0.3) is 0 Å². The molecule has 0 aliphatic heterocycles. The van der Waals surface area contributed by atoms with Crippen molar-refractivity contribution in [3.05, 3.63) is 66.2 Å². The van der Waals surface area contributed by atoms with E-state index in [2.05, 4.69) is 24.3 Å². The van der Waals surface area contributed by atoms with E-state index in [1.807, 2.05) is 42.5 Å². The Balaban J connectivity index is 1.66. The van der Waals surface area contributed by atoms with Gasteiger partial charge in [0.1, 0.15) is 11.5 Å². The SMILES string of the molecule is COc1ccc(/C=C\CCCOc2ccccc2)cc1. The van der Waals surface area contributed by atoms with Crippen molar-refractivity contribution in [3.63, 3.8) is 0 Å². The monoisotopic (exact) mass is 268 g/mol. The van der Waals surface area contributed by atoms with E-state index in [0.717, 1.165) is 30.9 Å². The van der Waals surface area contributed by atoms with E-state index in [-0.39, 0.29) is 0 Å². The molecular weight excluding hydrogens is 248 g/mol. The first-order valence-corrected chi connectivity index (χ1v) is 6.87. The molecule has 104 valence electrons. The summed E-state index contributed by atoms with van der Waals surface area (Å²) < 4.78 is 10.8. The number of unbranched alkanes of at least 4 members (excludes halogenated alkanes) is 1. The van der Waals surface area contributed by atoms with Crippen LogP contribution in [0.1, 0.15) is 18.4 Å². The molecule has 0 heterocycles. The molecule has 0 saturated carbocycles. The molecule has 0 radical (unpaired) electrons. The number of ether oxygens (including phenoxy) is 2. The lowest BCUT2D eigenvalue weighted by Gasteiger charge is -2.04. The van der Waals surface area contributed by atoms with Crippen LogP contribution in [-0.2, 0) is 0 Å². The summed E-state index contributed by atoms with van der Waals surface area (Å²) in [6.07, 6.45) is 6.33. The van der Waals surface area contributed by atoms with Crippen LogP contribution in [0.3, 0.4) is 0 Å². The summed E-state index contributed by atoms with van der Waals surface area (Å²) >= 11 is 0. The first-order chi connectivity index (χ1) is 9.88. The fourth-order valence-electron chi connectivity index (χ4n) is 1.84. The summed E-state index contributed by atoms with van der Waals surface area (Å²) in [4.78, 5) is 0. The molecule has 0 amide bonds. The number of hydrogen-bond donors (Lipinski definition) is 0. The lowest BCUT2D eigenvalue weighted by molar-refractivity contribution is 0.312. The maximum Gasteiger partial charge on any atom is 0.119 e. The molecule has 2 nitrogen and oxygen atoms in total. The number of methoxy groups -OCH3 is 1. The van der Waals surface area contributed by atoms with Gasteiger partial charge < -0.3 is 9.47 Å². The Kier molecular flexibility index (Phi) is 5.71. The van der Waals surface area contributed by atoms with Crippen molar-refractivity contribution in [1.82, 2.24) is 0 Å². The fourth-order valence-corrected chi connectivity index (χ4v) is 1.84. The number of hydrogen-bond acceptors (Lipinski definition) is 2. The van der Waals surface area contributed by atoms with Crippen molar-refractivity contribution in [1.29, 1.82) is 0 Å². The van der Waals surface area contributed by atoms with Crippen molar-refractivity contribution < 1.29 is 9.47 Å². The topological polar surface area (TPSA) is 18.5 Å². The van der Waals surface area contributed by atoms with Gasteiger partial charge in [0.2, 0.25) is 0 Å². The summed E-state index contributed by atoms with van der Waals surface area (Å²) in [6, 6.07) is 18.0. The largest absolute Gasteiger partial charge is 0.497 e. The van der Waals surface area contributed by atoms with Crippen LogP contribution in [0, 0.1) is 0 Å². The minimum absolute atomic E-state index is 0.747. The van der Waals surface area contributed by atoms with E-state index in [1.165, 1.54) is 5.56 Å². The van der Waals surface area contributed by atoms with E-state index in [9.17, 15) is 0 Å². The highest BCUT2D eigenvalue weighted by Gasteiger charge is 1.92. The standard InChI is InChI=1S/C18H20O2/c1-19-17-13-11-16(12-14-17)8-4-3-7-15-20-18-9-5-2-6-10-18/h2,4-6,8-14H,3,7,15H2,1H3/b8-4-. The highest BCUT2D eigenvalue weighted by Crippen LogP contribution is 2.13. The smallest absolute Gasteiger partial charge is 0.119 e. The second-order valence-corrected chi connectivity index (χ2v) is 4.48. The lowest BCUT2D eigenvalue weighted by atomic mass is 10.2. The van der Waals surface area contributed by atoms with Gasteiger partial charge in [-0.25, -0.2) is 0 Å². The molecule has 0 saturated heterocycles. The van der Waals surface area contributed by atoms with Gasteiger partial charge in [-0.1, -0.05) is 42.5 Å². The minimum Gasteiger partial charge on any atom is -0.497 e. The van der Waals surface area contributed by atoms with Crippen LogP contribution in [0.15, 0.2) is 60.7 Å². The number of rotatable bonds is 7. The average Bonchev–Trinajstić information content (AvgIpc) is 2.52. The first kappa shape index (κ1) is 14.2. The number of allylic oxidation sites excluding steroid dienone is 1. The van der Waals surface area contributed by atoms with Gasteiger partial charge >= 0.3 is 0 Å². The van der Waals surface area contributed by atoms with Gasteiger partial charge in [0.15, 0.2) is 0 Å². The molecule has 2 rings (SSSR count). The molecule has 2 aromatic carbocycles. The van der Waals surface area contributed by atoms with E-state index >= 15 is 0 Å². The predicted octanol–water partition coefficient (Wildman–Crippen LogP) is 4.57. The van der Waals surface area contributed by atoms with Crippen LogP contribution >= 0.6 is 0 Å². The maximum atomic E-state index is 5.64. The van der Waals surface area contributed by atoms with E-state index in [4.69, 9.17) is 9.47 Å². The Morgan fingerprint density at radius 3 is 2.35 bits per heavy atom. The zero-order valence-corrected chi connectivity index (χ0v) is 11.8. The van der Waals surface area contributed by atoms with Crippen LogP contribution in [0.5, 0.6) is 11.5 Å². The Bertz CT molecular complexity index is 515. The molecule has 0 aliphatic carbocycles. The van der Waals surface area contributed by atoms with Gasteiger partial charge in [-0.15, -0.1) is 0 Å². The summed E-state index contributed by atoms with van der Waals surface area (Å²) in [5.74, 6) is 1.82. The third kappa shape index (κ3) is 4.81. The van der Waals surface area contributed by atoms with Gasteiger partial charge in [0, 0.05) is 0 Å². The van der Waals surface area contributed by atoms with Crippen molar-refractivity contribution in [2.24, 2.45) is 0 Å². The summed E-state index contributed by atoms with van der Waals surface area (Å²) in [7, 11) is 1.68. The summed E-state index contributed by atoms with van der Waals surface area (Å²) in [5, 5.41) is 0. The van der Waals surface area contributed by atoms with Crippen LogP contribution in [0.4, 0.5) is 0 Å². The molecule has 0 bridgehead atoms. The molecule has 0 fully saturated rings. The molecule has 0 N–H and O–H groups in total. The Morgan fingerprint density at radius 2 is 1.65 bits per heavy atom. The highest BCUT2D eigenvalue weighted by atomic mass is 16.5. The van der Waals surface area contributed by atoms with Crippen LogP contribution in [0.2, 0.25) is 0 Å². The zero-order chi connectivity index (χ0) is 14.0. The quantitative estimate of drug-likeness (QED) is 0.685. The van der Waals surface area contributed by atoms with E-state index < -0.39 is 0 Å². The lowest BCUT2D eigenvalue weighted by Crippen LogP contribution is -1.95. The summed E-state index contributed by atoms with van der Waals surface area (Å²) in [6.45, 7) is 0.747. The van der Waals surface area contributed by atoms with Crippen LogP contribution in [0.25, 0.3) is 6.08 Å². The Morgan fingerprint density at radius 1 is 0.900 bits per heavy atom. The predicted molar refractivity (Wildman–Crippen MR) is 83.2 cm³/mol. The highest BCUT2D eigenvalue weighted by molar-refractivity contribution is 5.50. The molecule has 0 aliphatic rings. The molecule has 2 heteroatoms. The van der Waals surface area contributed by atoms with Crippen LogP contribution < -0.4 is 9.47 Å². The maximum absolute atomic E-state index is 5.64. The minimum atomic E-state index is 0.747. The van der Waals surface area contributed by atoms with Crippen molar-refractivity contribution in [2.45, 2.75) is 12.8 Å². The van der Waals surface area contributed by atoms with Gasteiger partial charge in [-0.3, -0.25) is 0 Å². The molecule has 0 unspecified atom stereocenters. The molecule has 20 heavy (non-hydrogen) atoms. The normalized spacial score (nSPS) is 10.7. The van der Waals surface area contributed by atoms with Crippen LogP contribution in [-0.4, -0.2) is 13.7 Å². The molecule has 0 aromatic heterocycles. The number of para-hydroxylation sites is 1. The first-order valence-electron chi connectivity index (χ1n) is 6.87. The van der Waals surface area contributed by atoms with E-state index in [1.54, 1.807) is 7.11 Å². The molecular formula is C18H20O2. The molecule has 0 atom stereocenters. The van der Waals surface area contributed by atoms with Crippen molar-refractivity contribution >= 4 is 6.08 Å². The zero-order valence-electron chi connectivity index (χ0n) is 11.8. The molecule has 0 spiro atoms. The average molecular weight is 268 g/mol. The van der Waals surface area contributed by atoms with Crippen molar-refractivity contribution in [2.75, 3.05) is 13.7 Å². The third-order valence-electron chi connectivity index (χ3n) is 2.95. The van der Waals surface area contributed by atoms with Gasteiger partial charge in [0.05, 0.1) is 13.7 Å². The third-order valence-corrected chi connectivity index (χ3v) is 2.95. The van der Waals surface area contributed by atoms with E-state index in [0.29, 0.717) is 0 Å². The molecule has 2 aromatic rings. The second-order valence-electron chi connectivity index (χ2n) is 4.48. The fraction of sp³-hybridized carbons (Fsp3) is 0.222. The second kappa shape index (κ2) is 8.05. The van der Waals surface area contributed by atoms with Gasteiger partial charge in [-0.2, -0.15) is 0 Å². The Labute approximate surface area is 120 Å². The van der Waals surface area contributed by atoms with Gasteiger partial charge in [-0.05, 0) is 42.7 Å². The Hall–Kier alpha value is -2.22. The number of benzene rings is 2. The van der Waals surface area contributed by atoms with Crippen molar-refractivity contribution in [3.8, 4) is 11.5 Å².